The lowest BCUT2D eigenvalue weighted by Gasteiger charge is -2.10. The summed E-state index contributed by atoms with van der Waals surface area (Å²) in [5.74, 6) is 0.454. The lowest BCUT2D eigenvalue weighted by atomic mass is 10.1. The molecule has 6 heteroatoms. The van der Waals surface area contributed by atoms with E-state index < -0.39 is 0 Å². The average Bonchev–Trinajstić information content (AvgIpc) is 3.13. The number of rotatable bonds is 6. The van der Waals surface area contributed by atoms with Crippen molar-refractivity contribution in [1.29, 1.82) is 0 Å². The predicted octanol–water partition coefficient (Wildman–Crippen LogP) is 2.13. The van der Waals surface area contributed by atoms with E-state index in [0.717, 1.165) is 23.4 Å². The maximum atomic E-state index is 12.0. The third-order valence-corrected chi connectivity index (χ3v) is 3.48. The molecule has 0 saturated heterocycles. The summed E-state index contributed by atoms with van der Waals surface area (Å²) in [6.45, 7) is 2.68. The van der Waals surface area contributed by atoms with Gasteiger partial charge in [0.05, 0.1) is 0 Å². The molecule has 0 atom stereocenters. The number of hydrogen-bond donors (Lipinski definition) is 2. The Morgan fingerprint density at radius 3 is 3.00 bits per heavy atom. The summed E-state index contributed by atoms with van der Waals surface area (Å²) in [7, 11) is 0. The molecule has 0 aliphatic heterocycles. The fourth-order valence-electron chi connectivity index (χ4n) is 2.08. The molecule has 1 aromatic carbocycles. The molecule has 1 aliphatic carbocycles. The van der Waals surface area contributed by atoms with Crippen molar-refractivity contribution >= 4 is 11.6 Å². The van der Waals surface area contributed by atoms with E-state index >= 15 is 0 Å². The number of hydrogen-bond acceptors (Lipinski definition) is 5. The Bertz CT molecular complexity index is 621. The average molecular weight is 286 g/mol. The van der Waals surface area contributed by atoms with Crippen molar-refractivity contribution in [2.45, 2.75) is 32.2 Å². The maximum absolute atomic E-state index is 12.0. The molecular weight excluding hydrogens is 268 g/mol. The lowest BCUT2D eigenvalue weighted by Crippen LogP contribution is -2.23. The van der Waals surface area contributed by atoms with Gasteiger partial charge in [-0.3, -0.25) is 4.79 Å². The number of anilines is 1. The Morgan fingerprint density at radius 2 is 2.29 bits per heavy atom. The molecule has 0 spiro atoms. The smallest absolute Gasteiger partial charge is 0.247 e. The molecule has 1 aliphatic rings. The van der Waals surface area contributed by atoms with Gasteiger partial charge in [0, 0.05) is 30.3 Å². The van der Waals surface area contributed by atoms with Crippen LogP contribution in [0.5, 0.6) is 0 Å². The zero-order chi connectivity index (χ0) is 14.7. The zero-order valence-corrected chi connectivity index (χ0v) is 11.9. The molecule has 0 unspecified atom stereocenters. The minimum atomic E-state index is 0.00827. The summed E-state index contributed by atoms with van der Waals surface area (Å²) in [6.07, 6.45) is 4.22. The third kappa shape index (κ3) is 3.66. The van der Waals surface area contributed by atoms with E-state index in [1.54, 1.807) is 0 Å². The number of benzene rings is 1. The molecule has 21 heavy (non-hydrogen) atoms. The van der Waals surface area contributed by atoms with Crippen LogP contribution < -0.4 is 10.6 Å². The Hall–Kier alpha value is -2.21. The Morgan fingerprint density at radius 1 is 1.43 bits per heavy atom. The number of aromatic nitrogens is 2. The molecule has 3 rings (SSSR count). The first-order valence-corrected chi connectivity index (χ1v) is 7.13. The first kappa shape index (κ1) is 13.8. The van der Waals surface area contributed by atoms with Crippen LogP contribution >= 0.6 is 0 Å². The SMILES string of the molecule is Cc1ccc(-c2nnco2)cc1NC(=O)CCNC1CC1. The Balaban J connectivity index is 1.63. The van der Waals surface area contributed by atoms with Crippen molar-refractivity contribution in [2.75, 3.05) is 11.9 Å². The molecule has 2 aromatic rings. The zero-order valence-electron chi connectivity index (χ0n) is 11.9. The standard InChI is InChI=1S/C15H18N4O2/c1-10-2-3-11(15-19-17-9-21-15)8-13(10)18-14(20)6-7-16-12-4-5-12/h2-3,8-9,12,16H,4-7H2,1H3,(H,18,20). The van der Waals surface area contributed by atoms with E-state index in [1.807, 2.05) is 25.1 Å². The van der Waals surface area contributed by atoms with Gasteiger partial charge in [-0.05, 0) is 37.5 Å². The normalized spacial score (nSPS) is 14.1. The third-order valence-electron chi connectivity index (χ3n) is 3.48. The van der Waals surface area contributed by atoms with E-state index in [-0.39, 0.29) is 5.91 Å². The van der Waals surface area contributed by atoms with Crippen LogP contribution in [0.1, 0.15) is 24.8 Å². The fraction of sp³-hybridized carbons (Fsp3) is 0.400. The monoisotopic (exact) mass is 286 g/mol. The van der Waals surface area contributed by atoms with E-state index in [4.69, 9.17) is 4.42 Å². The van der Waals surface area contributed by atoms with Gasteiger partial charge >= 0.3 is 0 Å². The van der Waals surface area contributed by atoms with Gasteiger partial charge in [-0.15, -0.1) is 10.2 Å². The number of aryl methyl sites for hydroxylation is 1. The molecule has 0 radical (unpaired) electrons. The van der Waals surface area contributed by atoms with Gasteiger partial charge in [-0.2, -0.15) is 0 Å². The number of nitrogens with zero attached hydrogens (tertiary/aromatic N) is 2. The van der Waals surface area contributed by atoms with Crippen molar-refractivity contribution in [3.05, 3.63) is 30.2 Å². The van der Waals surface area contributed by atoms with Crippen molar-refractivity contribution in [3.63, 3.8) is 0 Å². The van der Waals surface area contributed by atoms with Crippen LogP contribution in [0.25, 0.3) is 11.5 Å². The second-order valence-electron chi connectivity index (χ2n) is 5.30. The molecule has 1 saturated carbocycles. The number of amides is 1. The molecule has 1 fully saturated rings. The van der Waals surface area contributed by atoms with Gasteiger partial charge in [0.2, 0.25) is 18.2 Å². The quantitative estimate of drug-likeness (QED) is 0.850. The van der Waals surface area contributed by atoms with E-state index in [9.17, 15) is 4.79 Å². The van der Waals surface area contributed by atoms with Crippen LogP contribution in [-0.2, 0) is 4.79 Å². The molecule has 2 N–H and O–H groups in total. The van der Waals surface area contributed by atoms with E-state index in [1.165, 1.54) is 19.2 Å². The highest BCUT2D eigenvalue weighted by Gasteiger charge is 2.20. The largest absolute Gasteiger partial charge is 0.423 e. The van der Waals surface area contributed by atoms with Gasteiger partial charge < -0.3 is 15.1 Å². The second kappa shape index (κ2) is 6.05. The molecule has 0 bridgehead atoms. The van der Waals surface area contributed by atoms with Crippen LogP contribution in [0.2, 0.25) is 0 Å². The van der Waals surface area contributed by atoms with E-state index in [0.29, 0.717) is 18.4 Å². The summed E-state index contributed by atoms with van der Waals surface area (Å²) < 4.78 is 5.17. The molecule has 110 valence electrons. The van der Waals surface area contributed by atoms with Crippen molar-refractivity contribution < 1.29 is 9.21 Å². The Kier molecular flexibility index (Phi) is 3.96. The molecule has 1 heterocycles. The summed E-state index contributed by atoms with van der Waals surface area (Å²) >= 11 is 0. The molecule has 1 aromatic heterocycles. The van der Waals surface area contributed by atoms with Crippen LogP contribution in [0, 0.1) is 6.92 Å². The van der Waals surface area contributed by atoms with Crippen LogP contribution in [0.15, 0.2) is 29.0 Å². The van der Waals surface area contributed by atoms with Crippen molar-refractivity contribution in [2.24, 2.45) is 0 Å². The molecule has 6 nitrogen and oxygen atoms in total. The molecular formula is C15H18N4O2. The first-order valence-electron chi connectivity index (χ1n) is 7.13. The highest BCUT2D eigenvalue weighted by Crippen LogP contribution is 2.24. The van der Waals surface area contributed by atoms with Crippen LogP contribution in [0.3, 0.4) is 0 Å². The highest BCUT2D eigenvalue weighted by atomic mass is 16.4. The fourth-order valence-corrected chi connectivity index (χ4v) is 2.08. The second-order valence-corrected chi connectivity index (χ2v) is 5.30. The Labute approximate surface area is 123 Å². The van der Waals surface area contributed by atoms with Gasteiger partial charge in [0.25, 0.3) is 0 Å². The van der Waals surface area contributed by atoms with Gasteiger partial charge in [-0.1, -0.05) is 6.07 Å². The lowest BCUT2D eigenvalue weighted by molar-refractivity contribution is -0.116. The maximum Gasteiger partial charge on any atom is 0.247 e. The summed E-state index contributed by atoms with van der Waals surface area (Å²) in [6, 6.07) is 6.31. The number of carbonyl (C=O) groups excluding carboxylic acids is 1. The first-order chi connectivity index (χ1) is 10.2. The van der Waals surface area contributed by atoms with Crippen LogP contribution in [-0.4, -0.2) is 28.7 Å². The molecule has 1 amide bonds. The number of nitrogens with one attached hydrogen (secondary N) is 2. The predicted molar refractivity (Wildman–Crippen MR) is 78.7 cm³/mol. The van der Waals surface area contributed by atoms with Crippen molar-refractivity contribution in [3.8, 4) is 11.5 Å². The van der Waals surface area contributed by atoms with Gasteiger partial charge in [0.15, 0.2) is 0 Å². The summed E-state index contributed by atoms with van der Waals surface area (Å²) in [5, 5.41) is 13.8. The van der Waals surface area contributed by atoms with E-state index in [2.05, 4.69) is 20.8 Å². The summed E-state index contributed by atoms with van der Waals surface area (Å²) in [4.78, 5) is 12.0. The number of carbonyl (C=O) groups is 1. The minimum absolute atomic E-state index is 0.00827. The highest BCUT2D eigenvalue weighted by molar-refractivity contribution is 5.92. The topological polar surface area (TPSA) is 80.1 Å². The van der Waals surface area contributed by atoms with Gasteiger partial charge in [-0.25, -0.2) is 0 Å². The van der Waals surface area contributed by atoms with Crippen molar-refractivity contribution in [1.82, 2.24) is 15.5 Å². The minimum Gasteiger partial charge on any atom is -0.423 e. The van der Waals surface area contributed by atoms with Crippen LogP contribution in [0.4, 0.5) is 5.69 Å². The summed E-state index contributed by atoms with van der Waals surface area (Å²) in [5.41, 5.74) is 2.58. The van der Waals surface area contributed by atoms with Gasteiger partial charge in [0.1, 0.15) is 0 Å².